The molecule has 0 aliphatic carbocycles. The summed E-state index contributed by atoms with van der Waals surface area (Å²) in [4.78, 5) is 16.9. The van der Waals surface area contributed by atoms with E-state index in [1.165, 1.54) is 0 Å². The van der Waals surface area contributed by atoms with Crippen LogP contribution in [0.15, 0.2) is 17.4 Å². The number of hydrogen-bond donors (Lipinski definition) is 1. The van der Waals surface area contributed by atoms with Gasteiger partial charge in [0.2, 0.25) is 0 Å². The monoisotopic (exact) mass is 224 g/mol. The normalized spacial score (nSPS) is 11.4. The molecule has 0 amide bonds. The first-order valence-corrected chi connectivity index (χ1v) is 4.01. The minimum Gasteiger partial charge on any atom is -0.476 e. The average molecular weight is 224 g/mol. The van der Waals surface area contributed by atoms with E-state index in [-0.39, 0.29) is 0 Å². The Morgan fingerprint density at radius 2 is 2.07 bits per heavy atom. The number of carboxylic acids is 1. The highest BCUT2D eigenvalue weighted by Gasteiger charge is 2.30. The SMILES string of the molecule is O=C(O)c1cncc(SC(F)(F)F)n1. The summed E-state index contributed by atoms with van der Waals surface area (Å²) in [7, 11) is 0. The second-order valence-corrected chi connectivity index (χ2v) is 3.18. The van der Waals surface area contributed by atoms with Crippen molar-refractivity contribution in [2.24, 2.45) is 0 Å². The van der Waals surface area contributed by atoms with Crippen molar-refractivity contribution in [3.63, 3.8) is 0 Å². The van der Waals surface area contributed by atoms with Crippen molar-refractivity contribution in [2.45, 2.75) is 10.5 Å². The van der Waals surface area contributed by atoms with Gasteiger partial charge in [0.05, 0.1) is 12.4 Å². The van der Waals surface area contributed by atoms with E-state index in [9.17, 15) is 18.0 Å². The number of aromatic nitrogens is 2. The molecule has 76 valence electrons. The summed E-state index contributed by atoms with van der Waals surface area (Å²) in [5.41, 5.74) is -5.01. The molecule has 0 unspecified atom stereocenters. The van der Waals surface area contributed by atoms with Crippen molar-refractivity contribution in [2.75, 3.05) is 0 Å². The van der Waals surface area contributed by atoms with Gasteiger partial charge in [-0.1, -0.05) is 0 Å². The van der Waals surface area contributed by atoms with Crippen molar-refractivity contribution in [1.29, 1.82) is 0 Å². The number of halogens is 3. The van der Waals surface area contributed by atoms with Gasteiger partial charge in [-0.3, -0.25) is 4.98 Å². The fourth-order valence-corrected chi connectivity index (χ4v) is 1.11. The van der Waals surface area contributed by atoms with Crippen LogP contribution in [-0.4, -0.2) is 26.6 Å². The van der Waals surface area contributed by atoms with Gasteiger partial charge in [-0.05, 0) is 0 Å². The van der Waals surface area contributed by atoms with Crippen LogP contribution < -0.4 is 0 Å². The Hall–Kier alpha value is -1.31. The van der Waals surface area contributed by atoms with Gasteiger partial charge in [0.1, 0.15) is 5.03 Å². The standard InChI is InChI=1S/C6H3F3N2O2S/c7-6(8,9)14-4-2-10-1-3(11-4)5(12)13/h1-2H,(H,12,13). The number of carbonyl (C=O) groups is 1. The van der Waals surface area contributed by atoms with Crippen molar-refractivity contribution < 1.29 is 23.1 Å². The van der Waals surface area contributed by atoms with E-state index < -0.39 is 34.0 Å². The van der Waals surface area contributed by atoms with Gasteiger partial charge >= 0.3 is 11.5 Å². The number of alkyl halides is 3. The van der Waals surface area contributed by atoms with E-state index in [4.69, 9.17) is 5.11 Å². The molecule has 0 fully saturated rings. The molecule has 0 saturated heterocycles. The van der Waals surface area contributed by atoms with Gasteiger partial charge in [0.25, 0.3) is 0 Å². The summed E-state index contributed by atoms with van der Waals surface area (Å²) in [6.45, 7) is 0. The van der Waals surface area contributed by atoms with Crippen LogP contribution in [0.1, 0.15) is 10.5 Å². The van der Waals surface area contributed by atoms with Crippen LogP contribution in [0.4, 0.5) is 13.2 Å². The molecule has 0 atom stereocenters. The number of hydrogen-bond acceptors (Lipinski definition) is 4. The van der Waals surface area contributed by atoms with Crippen molar-refractivity contribution in [3.8, 4) is 0 Å². The molecule has 1 N–H and O–H groups in total. The van der Waals surface area contributed by atoms with Gasteiger partial charge < -0.3 is 5.11 Å². The maximum atomic E-state index is 11.8. The van der Waals surface area contributed by atoms with Crippen LogP contribution in [0.3, 0.4) is 0 Å². The lowest BCUT2D eigenvalue weighted by molar-refractivity contribution is -0.0329. The van der Waals surface area contributed by atoms with Crippen molar-refractivity contribution in [1.82, 2.24) is 9.97 Å². The summed E-state index contributed by atoms with van der Waals surface area (Å²) in [6.07, 6.45) is 1.73. The molecule has 1 rings (SSSR count). The first-order chi connectivity index (χ1) is 6.38. The van der Waals surface area contributed by atoms with E-state index in [0.29, 0.717) is 0 Å². The maximum Gasteiger partial charge on any atom is 0.447 e. The lowest BCUT2D eigenvalue weighted by Crippen LogP contribution is -2.05. The number of carboxylic acid groups (broad SMARTS) is 1. The first-order valence-electron chi connectivity index (χ1n) is 3.19. The molecule has 4 nitrogen and oxygen atoms in total. The Balaban J connectivity index is 2.89. The quantitative estimate of drug-likeness (QED) is 0.776. The molecule has 1 heterocycles. The predicted octanol–water partition coefficient (Wildman–Crippen LogP) is 1.79. The van der Waals surface area contributed by atoms with Gasteiger partial charge in [-0.2, -0.15) is 13.2 Å². The third-order valence-corrected chi connectivity index (χ3v) is 1.69. The first kappa shape index (κ1) is 10.8. The molecule has 8 heteroatoms. The summed E-state index contributed by atoms with van der Waals surface area (Å²) < 4.78 is 35.5. The molecule has 0 radical (unpaired) electrons. The summed E-state index contributed by atoms with van der Waals surface area (Å²) in [5.74, 6) is -1.41. The maximum absolute atomic E-state index is 11.8. The van der Waals surface area contributed by atoms with Gasteiger partial charge in [0.15, 0.2) is 5.69 Å². The Bertz CT molecular complexity index is 355. The minimum absolute atomic E-state index is 0.489. The van der Waals surface area contributed by atoms with Crippen LogP contribution in [0.2, 0.25) is 0 Å². The zero-order valence-corrected chi connectivity index (χ0v) is 7.26. The van der Waals surface area contributed by atoms with Crippen LogP contribution in [-0.2, 0) is 0 Å². The van der Waals surface area contributed by atoms with Crippen LogP contribution in [0.25, 0.3) is 0 Å². The van der Waals surface area contributed by atoms with Gasteiger partial charge in [0, 0.05) is 11.8 Å². The molecular weight excluding hydrogens is 221 g/mol. The van der Waals surface area contributed by atoms with E-state index in [0.717, 1.165) is 12.4 Å². The van der Waals surface area contributed by atoms with Crippen LogP contribution in [0, 0.1) is 0 Å². The number of nitrogens with zero attached hydrogens (tertiary/aromatic N) is 2. The van der Waals surface area contributed by atoms with Gasteiger partial charge in [-0.25, -0.2) is 9.78 Å². The highest BCUT2D eigenvalue weighted by molar-refractivity contribution is 8.00. The van der Waals surface area contributed by atoms with Crippen LogP contribution >= 0.6 is 11.8 Å². The van der Waals surface area contributed by atoms with Crippen LogP contribution in [0.5, 0.6) is 0 Å². The fraction of sp³-hybridized carbons (Fsp3) is 0.167. The van der Waals surface area contributed by atoms with E-state index in [2.05, 4.69) is 9.97 Å². The van der Waals surface area contributed by atoms with Gasteiger partial charge in [-0.15, -0.1) is 0 Å². The zero-order chi connectivity index (χ0) is 10.8. The lowest BCUT2D eigenvalue weighted by Gasteiger charge is -2.03. The highest BCUT2D eigenvalue weighted by atomic mass is 32.2. The molecule has 0 aliphatic rings. The minimum atomic E-state index is -4.49. The predicted molar refractivity (Wildman–Crippen MR) is 40.9 cm³/mol. The summed E-state index contributed by atoms with van der Waals surface area (Å²) >= 11 is -0.505. The van der Waals surface area contributed by atoms with E-state index >= 15 is 0 Å². The lowest BCUT2D eigenvalue weighted by atomic mass is 10.5. The third-order valence-electron chi connectivity index (χ3n) is 1.05. The fourth-order valence-electron chi connectivity index (χ4n) is 0.619. The van der Waals surface area contributed by atoms with E-state index in [1.807, 2.05) is 0 Å². The molecule has 0 spiro atoms. The number of thioether (sulfide) groups is 1. The Morgan fingerprint density at radius 1 is 1.43 bits per heavy atom. The van der Waals surface area contributed by atoms with Crippen molar-refractivity contribution in [3.05, 3.63) is 18.1 Å². The molecule has 0 bridgehead atoms. The molecule has 1 aromatic rings. The molecule has 0 aliphatic heterocycles. The summed E-state index contributed by atoms with van der Waals surface area (Å²) in [5, 5.41) is 7.93. The molecular formula is C6H3F3N2O2S. The summed E-state index contributed by atoms with van der Waals surface area (Å²) in [6, 6.07) is 0. The molecule has 0 aromatic carbocycles. The smallest absolute Gasteiger partial charge is 0.447 e. The second-order valence-electron chi connectivity index (χ2n) is 2.10. The molecule has 14 heavy (non-hydrogen) atoms. The van der Waals surface area contributed by atoms with E-state index in [1.54, 1.807) is 0 Å². The van der Waals surface area contributed by atoms with Crippen molar-refractivity contribution >= 4 is 17.7 Å². The largest absolute Gasteiger partial charge is 0.476 e. The average Bonchev–Trinajstić information content (AvgIpc) is 2.01. The highest BCUT2D eigenvalue weighted by Crippen LogP contribution is 2.35. The Morgan fingerprint density at radius 3 is 2.57 bits per heavy atom. The zero-order valence-electron chi connectivity index (χ0n) is 6.45. The topological polar surface area (TPSA) is 63.1 Å². The second kappa shape index (κ2) is 3.82. The Labute approximate surface area is 80.2 Å². The number of rotatable bonds is 2. The molecule has 0 saturated carbocycles. The number of aromatic carboxylic acids is 1. The molecule has 1 aromatic heterocycles. The Kier molecular flexibility index (Phi) is 2.94. The third kappa shape index (κ3) is 3.21.